The average Bonchev–Trinajstić information content (AvgIpc) is 2.77. The zero-order chi connectivity index (χ0) is 14.9. The molecular weight excluding hydrogens is 286 g/mol. The highest BCUT2D eigenvalue weighted by molar-refractivity contribution is 7.96. The molecule has 2 N–H and O–H groups in total. The summed E-state index contributed by atoms with van der Waals surface area (Å²) in [6.45, 7) is 0. The van der Waals surface area contributed by atoms with Crippen LogP contribution < -0.4 is 0 Å². The number of fused-ring (bicyclic) bond motifs is 1. The van der Waals surface area contributed by atoms with Crippen molar-refractivity contribution in [3.05, 3.63) is 29.7 Å². The highest BCUT2D eigenvalue weighted by atomic mass is 32.1. The van der Waals surface area contributed by atoms with Gasteiger partial charge < -0.3 is 14.6 Å². The number of carboxylic acids is 2. The first-order valence-corrected chi connectivity index (χ1v) is 5.91. The highest BCUT2D eigenvalue weighted by Gasteiger charge is 2.26. The molecule has 0 saturated carbocycles. The Morgan fingerprint density at radius 3 is 2.55 bits per heavy atom. The van der Waals surface area contributed by atoms with Crippen LogP contribution in [-0.4, -0.2) is 32.3 Å². The standard InChI is InChI=1S/C12H9NO6S/c14-9(15)4-6(12(18)20)10-13-7-3-5(11(16)17)1-2-8(7)19-10/h1-3,6H,4H2,(H,14,15)(H,16,17)(H,18,20). The monoisotopic (exact) mass is 295 g/mol. The van der Waals surface area contributed by atoms with Gasteiger partial charge in [-0.15, -0.1) is 12.6 Å². The number of nitrogens with zero attached hydrogens (tertiary/aromatic N) is 1. The van der Waals surface area contributed by atoms with Gasteiger partial charge in [-0.25, -0.2) is 9.78 Å². The number of aromatic nitrogens is 1. The fourth-order valence-electron chi connectivity index (χ4n) is 1.68. The number of hydrogen-bond donors (Lipinski definition) is 3. The van der Waals surface area contributed by atoms with Gasteiger partial charge in [0.15, 0.2) is 10.7 Å². The molecule has 104 valence electrons. The van der Waals surface area contributed by atoms with Gasteiger partial charge in [-0.1, -0.05) is 0 Å². The minimum Gasteiger partial charge on any atom is -0.481 e. The van der Waals surface area contributed by atoms with Crippen LogP contribution in [0.4, 0.5) is 0 Å². The van der Waals surface area contributed by atoms with Crippen molar-refractivity contribution in [1.29, 1.82) is 0 Å². The molecule has 1 heterocycles. The van der Waals surface area contributed by atoms with Gasteiger partial charge in [-0.05, 0) is 18.2 Å². The Morgan fingerprint density at radius 1 is 1.30 bits per heavy atom. The minimum atomic E-state index is -1.19. The lowest BCUT2D eigenvalue weighted by Gasteiger charge is -2.04. The number of thiol groups is 1. The molecule has 0 amide bonds. The number of oxazole rings is 1. The highest BCUT2D eigenvalue weighted by Crippen LogP contribution is 2.26. The molecular formula is C12H9NO6S. The first kappa shape index (κ1) is 14.1. The van der Waals surface area contributed by atoms with Gasteiger partial charge in [0, 0.05) is 0 Å². The topological polar surface area (TPSA) is 118 Å². The third-order valence-corrected chi connectivity index (χ3v) is 2.94. The average molecular weight is 295 g/mol. The fourth-order valence-corrected chi connectivity index (χ4v) is 1.88. The van der Waals surface area contributed by atoms with Crippen molar-refractivity contribution in [3.63, 3.8) is 0 Å². The predicted octanol–water partition coefficient (Wildman–Crippen LogP) is 1.54. The molecule has 2 rings (SSSR count). The zero-order valence-corrected chi connectivity index (χ0v) is 10.8. The Labute approximate surface area is 117 Å². The fraction of sp³-hybridized carbons (Fsp3) is 0.167. The molecule has 1 aromatic heterocycles. The lowest BCUT2D eigenvalue weighted by Crippen LogP contribution is -2.12. The van der Waals surface area contributed by atoms with E-state index >= 15 is 0 Å². The number of rotatable bonds is 5. The van der Waals surface area contributed by atoms with Crippen molar-refractivity contribution in [3.8, 4) is 0 Å². The van der Waals surface area contributed by atoms with Crippen LogP contribution in [0.2, 0.25) is 0 Å². The van der Waals surface area contributed by atoms with E-state index in [1.807, 2.05) is 0 Å². The minimum absolute atomic E-state index is 0.0179. The molecule has 0 radical (unpaired) electrons. The Hall–Kier alpha value is -2.35. The largest absolute Gasteiger partial charge is 0.481 e. The summed E-state index contributed by atoms with van der Waals surface area (Å²) in [5.41, 5.74) is 0.532. The molecule has 1 unspecified atom stereocenters. The van der Waals surface area contributed by atoms with Crippen molar-refractivity contribution in [2.45, 2.75) is 12.3 Å². The molecule has 0 aliphatic heterocycles. The van der Waals surface area contributed by atoms with Crippen LogP contribution >= 0.6 is 12.6 Å². The summed E-state index contributed by atoms with van der Waals surface area (Å²) < 4.78 is 5.29. The molecule has 20 heavy (non-hydrogen) atoms. The molecule has 2 aromatic rings. The quantitative estimate of drug-likeness (QED) is 0.716. The van der Waals surface area contributed by atoms with Gasteiger partial charge in [-0.3, -0.25) is 9.59 Å². The van der Waals surface area contributed by atoms with Crippen molar-refractivity contribution >= 4 is 40.8 Å². The zero-order valence-electron chi connectivity index (χ0n) is 9.94. The maximum atomic E-state index is 11.3. The third kappa shape index (κ3) is 2.80. The number of carbonyl (C=O) groups is 3. The number of hydrogen-bond acceptors (Lipinski definition) is 5. The first-order chi connectivity index (χ1) is 9.38. The number of aromatic carboxylic acids is 1. The lowest BCUT2D eigenvalue weighted by molar-refractivity contribution is -0.138. The molecule has 1 aromatic carbocycles. The molecule has 0 spiro atoms. The Morgan fingerprint density at radius 2 is 2.00 bits per heavy atom. The Balaban J connectivity index is 2.46. The van der Waals surface area contributed by atoms with E-state index in [9.17, 15) is 14.4 Å². The van der Waals surface area contributed by atoms with Crippen LogP contribution in [-0.2, 0) is 9.59 Å². The summed E-state index contributed by atoms with van der Waals surface area (Å²) in [7, 11) is 0. The first-order valence-electron chi connectivity index (χ1n) is 5.47. The molecule has 7 nitrogen and oxygen atoms in total. The second-order valence-electron chi connectivity index (χ2n) is 4.03. The summed E-state index contributed by atoms with van der Waals surface area (Å²) in [5.74, 6) is -3.52. The third-order valence-electron chi connectivity index (χ3n) is 2.63. The Kier molecular flexibility index (Phi) is 3.75. The van der Waals surface area contributed by atoms with Crippen LogP contribution in [0.25, 0.3) is 11.1 Å². The lowest BCUT2D eigenvalue weighted by atomic mass is 10.1. The van der Waals surface area contributed by atoms with Crippen LogP contribution in [0.15, 0.2) is 22.6 Å². The second-order valence-corrected chi connectivity index (χ2v) is 4.47. The van der Waals surface area contributed by atoms with Crippen molar-refractivity contribution in [2.75, 3.05) is 0 Å². The van der Waals surface area contributed by atoms with Gasteiger partial charge in [-0.2, -0.15) is 0 Å². The molecule has 8 heteroatoms. The molecule has 0 fully saturated rings. The van der Waals surface area contributed by atoms with Gasteiger partial charge in [0.05, 0.1) is 12.0 Å². The number of carbonyl (C=O) groups excluding carboxylic acids is 1. The predicted molar refractivity (Wildman–Crippen MR) is 70.0 cm³/mol. The van der Waals surface area contributed by atoms with E-state index < -0.39 is 29.4 Å². The summed E-state index contributed by atoms with van der Waals surface area (Å²) in [5, 5.41) is 16.9. The van der Waals surface area contributed by atoms with E-state index in [1.165, 1.54) is 18.2 Å². The Bertz CT molecular complexity index is 707. The van der Waals surface area contributed by atoms with E-state index in [1.54, 1.807) is 0 Å². The summed E-state index contributed by atoms with van der Waals surface area (Å²) >= 11 is 3.62. The van der Waals surface area contributed by atoms with Crippen molar-refractivity contribution < 1.29 is 29.0 Å². The van der Waals surface area contributed by atoms with E-state index in [-0.39, 0.29) is 22.6 Å². The van der Waals surface area contributed by atoms with Gasteiger partial charge in [0.25, 0.3) is 0 Å². The summed E-state index contributed by atoms with van der Waals surface area (Å²) in [6, 6.07) is 4.01. The van der Waals surface area contributed by atoms with Crippen LogP contribution in [0.5, 0.6) is 0 Å². The van der Waals surface area contributed by atoms with Crippen LogP contribution in [0, 0.1) is 0 Å². The van der Waals surface area contributed by atoms with E-state index in [0.717, 1.165) is 0 Å². The normalized spacial score (nSPS) is 12.2. The van der Waals surface area contributed by atoms with Gasteiger partial charge in [0.2, 0.25) is 5.89 Å². The molecule has 0 aliphatic carbocycles. The maximum absolute atomic E-state index is 11.3. The molecule has 0 bridgehead atoms. The van der Waals surface area contributed by atoms with E-state index in [0.29, 0.717) is 0 Å². The SMILES string of the molecule is O=C(O)CC(C(=O)S)c1nc2cc(C(=O)O)ccc2o1. The molecule has 1 atom stereocenters. The molecule has 0 saturated heterocycles. The van der Waals surface area contributed by atoms with Crippen LogP contribution in [0.3, 0.4) is 0 Å². The summed E-state index contributed by atoms with van der Waals surface area (Å²) in [6.07, 6.45) is -0.499. The molecule has 0 aliphatic rings. The second kappa shape index (κ2) is 5.33. The van der Waals surface area contributed by atoms with E-state index in [2.05, 4.69) is 17.6 Å². The number of aliphatic carboxylic acids is 1. The maximum Gasteiger partial charge on any atom is 0.335 e. The van der Waals surface area contributed by atoms with Crippen molar-refractivity contribution in [1.82, 2.24) is 4.98 Å². The van der Waals surface area contributed by atoms with Crippen LogP contribution in [0.1, 0.15) is 28.6 Å². The van der Waals surface area contributed by atoms with Gasteiger partial charge >= 0.3 is 11.9 Å². The van der Waals surface area contributed by atoms with Crippen molar-refractivity contribution in [2.24, 2.45) is 0 Å². The number of carboxylic acid groups (broad SMARTS) is 2. The summed E-state index contributed by atoms with van der Waals surface area (Å²) in [4.78, 5) is 36.9. The number of benzene rings is 1. The smallest absolute Gasteiger partial charge is 0.335 e. The van der Waals surface area contributed by atoms with E-state index in [4.69, 9.17) is 14.6 Å². The van der Waals surface area contributed by atoms with Gasteiger partial charge in [0.1, 0.15) is 11.4 Å².